The van der Waals surface area contributed by atoms with Gasteiger partial charge in [0.2, 0.25) is 0 Å². The van der Waals surface area contributed by atoms with Gasteiger partial charge in [-0.3, -0.25) is 0 Å². The number of nitrogens with zero attached hydrogens (tertiary/aromatic N) is 1. The summed E-state index contributed by atoms with van der Waals surface area (Å²) in [6.07, 6.45) is 2.43. The van der Waals surface area contributed by atoms with Crippen molar-refractivity contribution in [1.82, 2.24) is 4.90 Å². The number of rotatable bonds is 0. The highest BCUT2D eigenvalue weighted by Crippen LogP contribution is 2.14. The van der Waals surface area contributed by atoms with Crippen molar-refractivity contribution < 1.29 is 0 Å². The molecule has 1 aliphatic heterocycles. The lowest BCUT2D eigenvalue weighted by molar-refractivity contribution is 0.352. The molecule has 1 nitrogen and oxygen atoms in total. The Bertz CT molecular complexity index is 246. The first-order valence-corrected chi connectivity index (χ1v) is 4.61. The summed E-state index contributed by atoms with van der Waals surface area (Å²) < 4.78 is 0. The molecule has 0 aliphatic carbocycles. The van der Waals surface area contributed by atoms with E-state index >= 15 is 0 Å². The molecule has 1 aromatic rings. The fourth-order valence-electron chi connectivity index (χ4n) is 1.78. The number of fused-ring (bicyclic) bond motifs is 1. The lowest BCUT2D eigenvalue weighted by Crippen LogP contribution is -2.20. The van der Waals surface area contributed by atoms with Gasteiger partial charge in [-0.2, -0.15) is 0 Å². The third kappa shape index (κ3) is 2.68. The van der Waals surface area contributed by atoms with Gasteiger partial charge in [-0.1, -0.05) is 24.3 Å². The highest BCUT2D eigenvalue weighted by molar-refractivity contribution is 14.0. The molecule has 1 aromatic carbocycles. The number of hydrogen-bond acceptors (Lipinski definition) is 1. The van der Waals surface area contributed by atoms with Gasteiger partial charge in [-0.25, -0.2) is 0 Å². The maximum absolute atomic E-state index is 2.40. The second-order valence-corrected chi connectivity index (χ2v) is 3.57. The highest BCUT2D eigenvalue weighted by atomic mass is 127. The predicted molar refractivity (Wildman–Crippen MR) is 66.8 cm³/mol. The number of benzene rings is 1. The Morgan fingerprint density at radius 1 is 1.00 bits per heavy atom. The molecular formula is C11H16IN. The van der Waals surface area contributed by atoms with Crippen molar-refractivity contribution in [2.75, 3.05) is 20.1 Å². The van der Waals surface area contributed by atoms with Gasteiger partial charge in [0.15, 0.2) is 0 Å². The fraction of sp³-hybridized carbons (Fsp3) is 0.455. The van der Waals surface area contributed by atoms with Gasteiger partial charge in [0.05, 0.1) is 0 Å². The van der Waals surface area contributed by atoms with Crippen LogP contribution in [0.2, 0.25) is 0 Å². The summed E-state index contributed by atoms with van der Waals surface area (Å²) in [4.78, 5) is 2.40. The van der Waals surface area contributed by atoms with Crippen molar-refractivity contribution in [2.45, 2.75) is 12.8 Å². The molecule has 2 rings (SSSR count). The molecule has 0 bridgehead atoms. The molecule has 0 unspecified atom stereocenters. The topological polar surface area (TPSA) is 3.24 Å². The first-order valence-electron chi connectivity index (χ1n) is 4.61. The Kier molecular flexibility index (Phi) is 4.19. The zero-order valence-corrected chi connectivity index (χ0v) is 10.3. The van der Waals surface area contributed by atoms with Crippen molar-refractivity contribution in [3.8, 4) is 0 Å². The number of hydrogen-bond donors (Lipinski definition) is 0. The van der Waals surface area contributed by atoms with Crippen LogP contribution < -0.4 is 0 Å². The molecule has 13 heavy (non-hydrogen) atoms. The van der Waals surface area contributed by atoms with Crippen LogP contribution in [0.4, 0.5) is 0 Å². The van der Waals surface area contributed by atoms with Crippen LogP contribution in [0.15, 0.2) is 24.3 Å². The van der Waals surface area contributed by atoms with E-state index in [0.717, 1.165) is 0 Å². The summed E-state index contributed by atoms with van der Waals surface area (Å²) in [5, 5.41) is 0. The lowest BCUT2D eigenvalue weighted by Gasteiger charge is -2.10. The van der Waals surface area contributed by atoms with Crippen LogP contribution in [0.3, 0.4) is 0 Å². The van der Waals surface area contributed by atoms with Crippen LogP contribution in [-0.2, 0) is 12.8 Å². The Labute approximate surface area is 97.2 Å². The largest absolute Gasteiger partial charge is 0.306 e. The van der Waals surface area contributed by atoms with Gasteiger partial charge in [0, 0.05) is 13.1 Å². The van der Waals surface area contributed by atoms with Crippen LogP contribution in [0, 0.1) is 0 Å². The normalized spacial score (nSPS) is 17.0. The minimum absolute atomic E-state index is 0. The minimum atomic E-state index is 0. The van der Waals surface area contributed by atoms with Gasteiger partial charge in [-0.15, -0.1) is 24.0 Å². The van der Waals surface area contributed by atoms with E-state index < -0.39 is 0 Å². The number of halogens is 1. The summed E-state index contributed by atoms with van der Waals surface area (Å²) in [6.45, 7) is 2.41. The van der Waals surface area contributed by atoms with Gasteiger partial charge in [0.25, 0.3) is 0 Å². The first-order chi connectivity index (χ1) is 5.86. The van der Waals surface area contributed by atoms with E-state index in [1.807, 2.05) is 0 Å². The van der Waals surface area contributed by atoms with Crippen LogP contribution in [0.1, 0.15) is 11.1 Å². The second kappa shape index (κ2) is 4.96. The van der Waals surface area contributed by atoms with E-state index in [1.165, 1.54) is 25.9 Å². The number of likely N-dealkylation sites (N-methyl/N-ethyl adjacent to an activating group) is 1. The first kappa shape index (κ1) is 11.0. The van der Waals surface area contributed by atoms with Crippen LogP contribution in [0.25, 0.3) is 0 Å². The van der Waals surface area contributed by atoms with E-state index in [0.29, 0.717) is 0 Å². The Hall–Kier alpha value is -0.0900. The molecule has 0 amide bonds. The molecule has 0 spiro atoms. The second-order valence-electron chi connectivity index (χ2n) is 3.57. The minimum Gasteiger partial charge on any atom is -0.306 e. The highest BCUT2D eigenvalue weighted by Gasteiger charge is 2.08. The third-order valence-electron chi connectivity index (χ3n) is 2.64. The standard InChI is InChI=1S/C11H15N.HI/c1-12-8-6-10-4-2-3-5-11(10)7-9-12;/h2-5H,6-9H2,1H3;1H. The summed E-state index contributed by atoms with van der Waals surface area (Å²) in [6, 6.07) is 8.80. The Balaban J connectivity index is 0.000000845. The zero-order valence-electron chi connectivity index (χ0n) is 7.99. The zero-order chi connectivity index (χ0) is 8.39. The van der Waals surface area contributed by atoms with E-state index in [1.54, 1.807) is 11.1 Å². The molecule has 1 aliphatic rings. The quantitative estimate of drug-likeness (QED) is 0.663. The van der Waals surface area contributed by atoms with Crippen molar-refractivity contribution in [2.24, 2.45) is 0 Å². The van der Waals surface area contributed by atoms with Gasteiger partial charge < -0.3 is 4.90 Å². The molecule has 1 heterocycles. The van der Waals surface area contributed by atoms with Crippen molar-refractivity contribution in [3.05, 3.63) is 35.4 Å². The van der Waals surface area contributed by atoms with Gasteiger partial charge >= 0.3 is 0 Å². The molecule has 72 valence electrons. The maximum atomic E-state index is 2.40. The van der Waals surface area contributed by atoms with E-state index in [-0.39, 0.29) is 24.0 Å². The SMILES string of the molecule is CN1CCc2ccccc2CC1.I. The van der Waals surface area contributed by atoms with E-state index in [4.69, 9.17) is 0 Å². The molecule has 0 atom stereocenters. The molecule has 0 N–H and O–H groups in total. The van der Waals surface area contributed by atoms with Crippen LogP contribution >= 0.6 is 24.0 Å². The maximum Gasteiger partial charge on any atom is 0.00190 e. The molecule has 0 aromatic heterocycles. The molecular weight excluding hydrogens is 273 g/mol. The van der Waals surface area contributed by atoms with Gasteiger partial charge in [-0.05, 0) is 31.0 Å². The summed E-state index contributed by atoms with van der Waals surface area (Å²) in [7, 11) is 2.20. The van der Waals surface area contributed by atoms with Crippen molar-refractivity contribution in [1.29, 1.82) is 0 Å². The summed E-state index contributed by atoms with van der Waals surface area (Å²) >= 11 is 0. The van der Waals surface area contributed by atoms with E-state index in [9.17, 15) is 0 Å². The summed E-state index contributed by atoms with van der Waals surface area (Å²) in [5.41, 5.74) is 3.09. The Morgan fingerprint density at radius 2 is 1.46 bits per heavy atom. The Morgan fingerprint density at radius 3 is 1.92 bits per heavy atom. The molecule has 0 saturated heterocycles. The monoisotopic (exact) mass is 289 g/mol. The predicted octanol–water partition coefficient (Wildman–Crippen LogP) is 2.34. The van der Waals surface area contributed by atoms with Crippen LogP contribution in [0.5, 0.6) is 0 Å². The molecule has 0 fully saturated rings. The molecule has 0 radical (unpaired) electrons. The third-order valence-corrected chi connectivity index (χ3v) is 2.64. The average molecular weight is 289 g/mol. The van der Waals surface area contributed by atoms with E-state index in [2.05, 4.69) is 36.2 Å². The molecule has 0 saturated carbocycles. The van der Waals surface area contributed by atoms with Crippen molar-refractivity contribution in [3.63, 3.8) is 0 Å². The lowest BCUT2D eigenvalue weighted by atomic mass is 10.0. The molecule has 2 heteroatoms. The fourth-order valence-corrected chi connectivity index (χ4v) is 1.78. The van der Waals surface area contributed by atoms with Crippen LogP contribution in [-0.4, -0.2) is 25.0 Å². The smallest absolute Gasteiger partial charge is 0.00190 e. The average Bonchev–Trinajstić information content (AvgIpc) is 2.29. The van der Waals surface area contributed by atoms with Crippen molar-refractivity contribution >= 4 is 24.0 Å². The van der Waals surface area contributed by atoms with Gasteiger partial charge in [0.1, 0.15) is 0 Å². The summed E-state index contributed by atoms with van der Waals surface area (Å²) in [5.74, 6) is 0.